The summed E-state index contributed by atoms with van der Waals surface area (Å²) in [5.74, 6) is 0. The molecule has 2 aromatic rings. The van der Waals surface area contributed by atoms with Gasteiger partial charge in [0.05, 0.1) is 0 Å². The molecule has 1 heterocycles. The van der Waals surface area contributed by atoms with Gasteiger partial charge in [0.25, 0.3) is 0 Å². The van der Waals surface area contributed by atoms with Gasteiger partial charge in [0.1, 0.15) is 0 Å². The summed E-state index contributed by atoms with van der Waals surface area (Å²) in [5, 5.41) is 18.7. The number of aromatic nitrogens is 1. The molecule has 0 spiro atoms. The first-order valence-electron chi connectivity index (χ1n) is 3.91. The Balaban J connectivity index is 2.71. The summed E-state index contributed by atoms with van der Waals surface area (Å²) in [5.41, 5.74) is 7.47. The minimum atomic E-state index is -1.46. The van der Waals surface area contributed by atoms with Crippen LogP contribution in [0.5, 0.6) is 0 Å². The molecular weight excluding hydrogens is 167 g/mol. The van der Waals surface area contributed by atoms with Crippen LogP contribution in [0.3, 0.4) is 0 Å². The molecule has 0 radical (unpaired) electrons. The zero-order valence-electron chi connectivity index (χ0n) is 6.86. The first kappa shape index (κ1) is 8.16. The van der Waals surface area contributed by atoms with E-state index in [1.165, 1.54) is 0 Å². The number of hydrogen-bond donors (Lipinski definition) is 4. The van der Waals surface area contributed by atoms with E-state index in [2.05, 4.69) is 4.98 Å². The Morgan fingerprint density at radius 3 is 2.77 bits per heavy atom. The van der Waals surface area contributed by atoms with Gasteiger partial charge in [-0.15, -0.1) is 0 Å². The second-order valence-corrected chi connectivity index (χ2v) is 2.92. The van der Waals surface area contributed by atoms with Crippen LogP contribution < -0.4 is 11.2 Å². The number of fused-ring (bicyclic) bond motifs is 1. The molecule has 0 aliphatic rings. The topological polar surface area (TPSA) is 82.3 Å². The number of rotatable bonds is 1. The van der Waals surface area contributed by atoms with Crippen molar-refractivity contribution in [3.63, 3.8) is 0 Å². The minimum absolute atomic E-state index is 0.447. The fourth-order valence-corrected chi connectivity index (χ4v) is 1.37. The fourth-order valence-electron chi connectivity index (χ4n) is 1.37. The Morgan fingerprint density at radius 1 is 1.31 bits per heavy atom. The number of hydrogen-bond acceptors (Lipinski definition) is 3. The smallest absolute Gasteiger partial charge is 0.423 e. The van der Waals surface area contributed by atoms with Crippen LogP contribution in [-0.2, 0) is 0 Å². The lowest BCUT2D eigenvalue weighted by atomic mass is 9.80. The summed E-state index contributed by atoms with van der Waals surface area (Å²) in [6, 6.07) is 5.27. The molecule has 0 fully saturated rings. The van der Waals surface area contributed by atoms with E-state index in [0.29, 0.717) is 11.2 Å². The molecule has 13 heavy (non-hydrogen) atoms. The van der Waals surface area contributed by atoms with E-state index < -0.39 is 7.12 Å². The van der Waals surface area contributed by atoms with Gasteiger partial charge in [-0.3, -0.25) is 0 Å². The minimum Gasteiger partial charge on any atom is -0.423 e. The van der Waals surface area contributed by atoms with Crippen LogP contribution in [0.2, 0.25) is 0 Å². The Kier molecular flexibility index (Phi) is 1.75. The first-order chi connectivity index (χ1) is 6.18. The molecule has 1 aromatic carbocycles. The molecule has 0 aliphatic heterocycles. The van der Waals surface area contributed by atoms with Crippen molar-refractivity contribution in [1.82, 2.24) is 4.98 Å². The molecule has 5 heteroatoms. The fraction of sp³-hybridized carbons (Fsp3) is 0. The Hall–Kier alpha value is -1.46. The van der Waals surface area contributed by atoms with Gasteiger partial charge in [-0.05, 0) is 18.2 Å². The van der Waals surface area contributed by atoms with Gasteiger partial charge < -0.3 is 20.8 Å². The zero-order valence-corrected chi connectivity index (χ0v) is 6.86. The number of anilines is 1. The highest BCUT2D eigenvalue weighted by Crippen LogP contribution is 2.13. The second kappa shape index (κ2) is 2.79. The highest BCUT2D eigenvalue weighted by molar-refractivity contribution is 6.62. The van der Waals surface area contributed by atoms with Gasteiger partial charge in [0, 0.05) is 28.2 Å². The standard InChI is InChI=1S/C8H9BN2O2/c10-5-1-2-8-6(3-5)7(4-11-8)9(12)13/h1-4,11-13H,10H2. The van der Waals surface area contributed by atoms with Crippen molar-refractivity contribution in [2.45, 2.75) is 0 Å². The maximum absolute atomic E-state index is 9.00. The predicted octanol–water partition coefficient (Wildman–Crippen LogP) is -0.570. The molecule has 1 aromatic heterocycles. The van der Waals surface area contributed by atoms with Crippen molar-refractivity contribution in [3.8, 4) is 0 Å². The third kappa shape index (κ3) is 1.28. The third-order valence-corrected chi connectivity index (χ3v) is 2.02. The number of aromatic amines is 1. The normalized spacial score (nSPS) is 10.6. The van der Waals surface area contributed by atoms with Gasteiger partial charge in [-0.25, -0.2) is 0 Å². The molecule has 4 nitrogen and oxygen atoms in total. The van der Waals surface area contributed by atoms with Crippen LogP contribution >= 0.6 is 0 Å². The van der Waals surface area contributed by atoms with Crippen LogP contribution in [0.25, 0.3) is 10.9 Å². The quantitative estimate of drug-likeness (QED) is 0.347. The largest absolute Gasteiger partial charge is 0.490 e. The Morgan fingerprint density at radius 2 is 2.08 bits per heavy atom. The van der Waals surface area contributed by atoms with Gasteiger partial charge in [-0.1, -0.05) is 0 Å². The van der Waals surface area contributed by atoms with Crippen molar-refractivity contribution in [2.24, 2.45) is 0 Å². The summed E-state index contributed by atoms with van der Waals surface area (Å²) >= 11 is 0. The van der Waals surface area contributed by atoms with E-state index in [-0.39, 0.29) is 0 Å². The second-order valence-electron chi connectivity index (χ2n) is 2.92. The Bertz CT molecular complexity index is 439. The van der Waals surface area contributed by atoms with E-state index in [9.17, 15) is 0 Å². The van der Waals surface area contributed by atoms with Crippen LogP contribution in [0.15, 0.2) is 24.4 Å². The monoisotopic (exact) mass is 176 g/mol. The maximum atomic E-state index is 9.00. The van der Waals surface area contributed by atoms with Gasteiger partial charge >= 0.3 is 7.12 Å². The van der Waals surface area contributed by atoms with E-state index in [0.717, 1.165) is 10.9 Å². The van der Waals surface area contributed by atoms with Crippen molar-refractivity contribution in [1.29, 1.82) is 0 Å². The highest BCUT2D eigenvalue weighted by Gasteiger charge is 2.15. The summed E-state index contributed by atoms with van der Waals surface area (Å²) in [4.78, 5) is 2.92. The summed E-state index contributed by atoms with van der Waals surface area (Å²) in [6.45, 7) is 0. The number of nitrogen functional groups attached to an aromatic ring is 1. The van der Waals surface area contributed by atoms with Crippen LogP contribution in [0.4, 0.5) is 5.69 Å². The lowest BCUT2D eigenvalue weighted by Gasteiger charge is -1.97. The van der Waals surface area contributed by atoms with Crippen LogP contribution in [-0.4, -0.2) is 22.2 Å². The molecule has 0 atom stereocenters. The predicted molar refractivity (Wildman–Crippen MR) is 52.5 cm³/mol. The SMILES string of the molecule is Nc1ccc2[nH]cc(B(O)O)c2c1. The van der Waals surface area contributed by atoms with Crippen molar-refractivity contribution < 1.29 is 10.0 Å². The molecule has 0 saturated carbocycles. The molecule has 0 unspecified atom stereocenters. The molecule has 0 bridgehead atoms. The third-order valence-electron chi connectivity index (χ3n) is 2.02. The molecule has 0 saturated heterocycles. The number of benzene rings is 1. The maximum Gasteiger partial charge on any atom is 0.490 e. The van der Waals surface area contributed by atoms with E-state index in [1.807, 2.05) is 0 Å². The molecule has 0 amide bonds. The molecular formula is C8H9BN2O2. The highest BCUT2D eigenvalue weighted by atomic mass is 16.4. The van der Waals surface area contributed by atoms with Crippen molar-refractivity contribution in [3.05, 3.63) is 24.4 Å². The van der Waals surface area contributed by atoms with Gasteiger partial charge in [0.15, 0.2) is 0 Å². The molecule has 66 valence electrons. The van der Waals surface area contributed by atoms with Gasteiger partial charge in [-0.2, -0.15) is 0 Å². The summed E-state index contributed by atoms with van der Waals surface area (Å²) < 4.78 is 0. The van der Waals surface area contributed by atoms with E-state index in [4.69, 9.17) is 15.8 Å². The number of H-pyrrole nitrogens is 1. The molecule has 0 aliphatic carbocycles. The summed E-state index contributed by atoms with van der Waals surface area (Å²) in [6.07, 6.45) is 1.56. The average Bonchev–Trinajstić information content (AvgIpc) is 2.46. The first-order valence-corrected chi connectivity index (χ1v) is 3.91. The van der Waals surface area contributed by atoms with Crippen molar-refractivity contribution >= 4 is 29.2 Å². The van der Waals surface area contributed by atoms with Gasteiger partial charge in [0.2, 0.25) is 0 Å². The van der Waals surface area contributed by atoms with Crippen LogP contribution in [0, 0.1) is 0 Å². The molecule has 5 N–H and O–H groups in total. The average molecular weight is 176 g/mol. The Labute approximate surface area is 75.1 Å². The zero-order chi connectivity index (χ0) is 9.42. The van der Waals surface area contributed by atoms with E-state index in [1.54, 1.807) is 24.4 Å². The lowest BCUT2D eigenvalue weighted by molar-refractivity contribution is 0.426. The van der Waals surface area contributed by atoms with E-state index >= 15 is 0 Å². The van der Waals surface area contributed by atoms with Crippen molar-refractivity contribution in [2.75, 3.05) is 5.73 Å². The number of nitrogens with two attached hydrogens (primary N) is 1. The summed E-state index contributed by atoms with van der Waals surface area (Å²) in [7, 11) is -1.46. The lowest BCUT2D eigenvalue weighted by Crippen LogP contribution is -2.28. The van der Waals surface area contributed by atoms with Crippen LogP contribution in [0.1, 0.15) is 0 Å². The molecule has 2 rings (SSSR count). The number of nitrogens with one attached hydrogen (secondary N) is 1.